The Morgan fingerprint density at radius 2 is 0.727 bits per heavy atom. The molecule has 2 heteroatoms. The third-order valence-electron chi connectivity index (χ3n) is 4.68. The Kier molecular flexibility index (Phi) is 16.2. The van der Waals surface area contributed by atoms with Gasteiger partial charge in [-0.25, -0.2) is 0 Å². The molecule has 0 aromatic carbocycles. The lowest BCUT2D eigenvalue weighted by atomic mass is 10.0. The van der Waals surface area contributed by atoms with Gasteiger partial charge in [0.15, 0.2) is 0 Å². The molecule has 0 amide bonds. The lowest BCUT2D eigenvalue weighted by molar-refractivity contribution is -0.870. The minimum absolute atomic E-state index is 1.13. The molecular weight excluding hydrogens is 282 g/mol. The smallest absolute Gasteiger partial charge is 0.0780 e. The van der Waals surface area contributed by atoms with Crippen LogP contribution < -0.4 is 0 Å². The highest BCUT2D eigenvalue weighted by Gasteiger charge is 2.04. The number of hydrogen-bond acceptors (Lipinski definition) is 0. The third-order valence-corrected chi connectivity index (χ3v) is 5.39. The van der Waals surface area contributed by atoms with Crippen molar-refractivity contribution < 1.29 is 4.48 Å². The molecule has 134 valence electrons. The average molecular weight is 329 g/mol. The lowest BCUT2D eigenvalue weighted by Crippen LogP contribution is -2.35. The number of unbranched alkanes of at least 4 members (excludes halogenated alkanes) is 14. The quantitative estimate of drug-likeness (QED) is 0.192. The number of quaternary nitrogens is 1. The first-order valence-corrected chi connectivity index (χ1v) is 11.8. The van der Waals surface area contributed by atoms with Crippen LogP contribution in [0.1, 0.15) is 96.3 Å². The van der Waals surface area contributed by atoms with Gasteiger partial charge in [-0.2, -0.15) is 0 Å². The van der Waals surface area contributed by atoms with E-state index in [1.165, 1.54) is 119 Å². The molecular formula is C20H46NSi+. The summed E-state index contributed by atoms with van der Waals surface area (Å²) < 4.78 is 1.13. The van der Waals surface area contributed by atoms with E-state index in [4.69, 9.17) is 0 Å². The van der Waals surface area contributed by atoms with Gasteiger partial charge in [0, 0.05) is 10.2 Å². The van der Waals surface area contributed by atoms with Gasteiger partial charge < -0.3 is 4.48 Å². The summed E-state index contributed by atoms with van der Waals surface area (Å²) in [6.45, 7) is 1.33. The van der Waals surface area contributed by atoms with Crippen LogP contribution in [0, 0.1) is 0 Å². The molecule has 0 aromatic heterocycles. The second-order valence-corrected chi connectivity index (χ2v) is 9.32. The second-order valence-electron chi connectivity index (χ2n) is 8.32. The first-order valence-electron chi connectivity index (χ1n) is 10.4. The minimum atomic E-state index is 1.13. The first-order chi connectivity index (χ1) is 10.6. The van der Waals surface area contributed by atoms with Crippen molar-refractivity contribution in [2.45, 2.75) is 102 Å². The van der Waals surface area contributed by atoms with Gasteiger partial charge in [-0.05, 0) is 12.8 Å². The van der Waals surface area contributed by atoms with E-state index in [9.17, 15) is 0 Å². The fourth-order valence-electron chi connectivity index (χ4n) is 3.13. The molecule has 1 nitrogen and oxygen atoms in total. The standard InChI is InChI=1S/C20H46NSi/c1-21(2,3)19-17-15-13-11-9-7-5-4-6-8-10-12-14-16-18-20-22/h4-20H2,1-3,22H3/q+1. The van der Waals surface area contributed by atoms with Gasteiger partial charge in [0.25, 0.3) is 0 Å². The Morgan fingerprint density at radius 1 is 0.455 bits per heavy atom. The zero-order chi connectivity index (χ0) is 16.5. The van der Waals surface area contributed by atoms with Gasteiger partial charge in [0.2, 0.25) is 0 Å². The fraction of sp³-hybridized carbons (Fsp3) is 1.00. The molecule has 0 saturated heterocycles. The number of hydrogen-bond donors (Lipinski definition) is 0. The Morgan fingerprint density at radius 3 is 1.00 bits per heavy atom. The molecule has 0 saturated carbocycles. The van der Waals surface area contributed by atoms with Crippen molar-refractivity contribution in [2.75, 3.05) is 27.7 Å². The molecule has 0 radical (unpaired) electrons. The summed E-state index contributed by atoms with van der Waals surface area (Å²) in [5, 5.41) is 0. The van der Waals surface area contributed by atoms with E-state index in [-0.39, 0.29) is 0 Å². The van der Waals surface area contributed by atoms with Gasteiger partial charge in [0.1, 0.15) is 0 Å². The molecule has 0 aliphatic rings. The predicted molar refractivity (Wildman–Crippen MR) is 107 cm³/mol. The van der Waals surface area contributed by atoms with Gasteiger partial charge >= 0.3 is 0 Å². The van der Waals surface area contributed by atoms with Gasteiger partial charge in [-0.15, -0.1) is 0 Å². The molecule has 0 rings (SSSR count). The van der Waals surface area contributed by atoms with Crippen LogP contribution in [0.15, 0.2) is 0 Å². The average Bonchev–Trinajstić information content (AvgIpc) is 2.45. The molecule has 0 unspecified atom stereocenters. The first kappa shape index (κ1) is 22.2. The summed E-state index contributed by atoms with van der Waals surface area (Å²) in [5.74, 6) is 0. The molecule has 0 atom stereocenters. The molecule has 0 bridgehead atoms. The number of rotatable bonds is 17. The van der Waals surface area contributed by atoms with Crippen molar-refractivity contribution in [3.05, 3.63) is 0 Å². The highest BCUT2D eigenvalue weighted by Crippen LogP contribution is 2.13. The molecule has 0 aliphatic carbocycles. The summed E-state index contributed by atoms with van der Waals surface area (Å²) in [7, 11) is 8.30. The molecule has 22 heavy (non-hydrogen) atoms. The largest absolute Gasteiger partial charge is 0.331 e. The maximum absolute atomic E-state index is 2.30. The second kappa shape index (κ2) is 16.0. The van der Waals surface area contributed by atoms with Gasteiger partial charge in [0.05, 0.1) is 27.7 Å². The zero-order valence-corrected chi connectivity index (χ0v) is 18.5. The third kappa shape index (κ3) is 20.2. The van der Waals surface area contributed by atoms with Crippen molar-refractivity contribution in [3.8, 4) is 0 Å². The van der Waals surface area contributed by atoms with Crippen LogP contribution in [0.4, 0.5) is 0 Å². The highest BCUT2D eigenvalue weighted by atomic mass is 28.1. The Labute approximate surface area is 145 Å². The summed E-state index contributed by atoms with van der Waals surface area (Å²) >= 11 is 0. The summed E-state index contributed by atoms with van der Waals surface area (Å²) in [4.78, 5) is 0. The Hall–Kier alpha value is 0.177. The van der Waals surface area contributed by atoms with Crippen LogP contribution in [0.2, 0.25) is 6.04 Å². The van der Waals surface area contributed by atoms with Gasteiger partial charge in [-0.3, -0.25) is 0 Å². The van der Waals surface area contributed by atoms with E-state index in [0.717, 1.165) is 4.48 Å². The molecule has 0 spiro atoms. The minimum Gasteiger partial charge on any atom is -0.331 e. The topological polar surface area (TPSA) is 0 Å². The number of nitrogens with zero attached hydrogens (tertiary/aromatic N) is 1. The monoisotopic (exact) mass is 328 g/mol. The maximum Gasteiger partial charge on any atom is 0.0780 e. The van der Waals surface area contributed by atoms with Crippen LogP contribution in [-0.4, -0.2) is 42.4 Å². The summed E-state index contributed by atoms with van der Waals surface area (Å²) in [5.41, 5.74) is 0. The fourth-order valence-corrected chi connectivity index (χ4v) is 3.63. The van der Waals surface area contributed by atoms with Crippen molar-refractivity contribution >= 4 is 10.2 Å². The van der Waals surface area contributed by atoms with E-state index in [0.29, 0.717) is 0 Å². The van der Waals surface area contributed by atoms with Crippen LogP contribution >= 0.6 is 0 Å². The van der Waals surface area contributed by atoms with E-state index >= 15 is 0 Å². The summed E-state index contributed by atoms with van der Waals surface area (Å²) in [6, 6.07) is 1.51. The van der Waals surface area contributed by atoms with E-state index in [2.05, 4.69) is 21.1 Å². The van der Waals surface area contributed by atoms with Crippen molar-refractivity contribution in [1.82, 2.24) is 0 Å². The highest BCUT2D eigenvalue weighted by molar-refractivity contribution is 6.08. The van der Waals surface area contributed by atoms with Gasteiger partial charge in [-0.1, -0.05) is 89.5 Å². The predicted octanol–water partition coefficient (Wildman–Crippen LogP) is 5.33. The van der Waals surface area contributed by atoms with Crippen LogP contribution in [0.3, 0.4) is 0 Å². The molecule has 0 heterocycles. The molecule has 0 aromatic rings. The summed E-state index contributed by atoms with van der Waals surface area (Å²) in [6.07, 6.45) is 22.2. The van der Waals surface area contributed by atoms with Crippen molar-refractivity contribution in [2.24, 2.45) is 0 Å². The van der Waals surface area contributed by atoms with E-state index in [1.54, 1.807) is 0 Å². The normalized spacial score (nSPS) is 12.1. The molecule has 0 N–H and O–H groups in total. The van der Waals surface area contributed by atoms with Crippen LogP contribution in [0.5, 0.6) is 0 Å². The lowest BCUT2D eigenvalue weighted by Gasteiger charge is -2.23. The van der Waals surface area contributed by atoms with Crippen LogP contribution in [-0.2, 0) is 0 Å². The molecule has 0 fully saturated rings. The van der Waals surface area contributed by atoms with E-state index in [1.807, 2.05) is 0 Å². The SMILES string of the molecule is C[N+](C)(C)CCCCCCCCCCCCCCCCC[SiH3]. The van der Waals surface area contributed by atoms with Crippen molar-refractivity contribution in [3.63, 3.8) is 0 Å². The van der Waals surface area contributed by atoms with Crippen molar-refractivity contribution in [1.29, 1.82) is 0 Å². The Balaban J connectivity index is 3.00. The zero-order valence-electron chi connectivity index (χ0n) is 16.5. The maximum atomic E-state index is 2.30. The van der Waals surface area contributed by atoms with E-state index < -0.39 is 0 Å². The molecule has 0 aliphatic heterocycles. The Bertz CT molecular complexity index is 210. The van der Waals surface area contributed by atoms with Crippen LogP contribution in [0.25, 0.3) is 0 Å².